The van der Waals surface area contributed by atoms with E-state index in [0.29, 0.717) is 11.4 Å². The van der Waals surface area contributed by atoms with Gasteiger partial charge in [0.15, 0.2) is 0 Å². The van der Waals surface area contributed by atoms with Gasteiger partial charge in [-0.2, -0.15) is 10.5 Å². The molecule has 1 aromatic heterocycles. The van der Waals surface area contributed by atoms with Crippen molar-refractivity contribution in [3.63, 3.8) is 0 Å². The van der Waals surface area contributed by atoms with Crippen LogP contribution < -0.4 is 10.5 Å². The summed E-state index contributed by atoms with van der Waals surface area (Å²) in [7, 11) is -3.86. The lowest BCUT2D eigenvalue weighted by atomic mass is 10.1. The first-order chi connectivity index (χ1) is 9.94. The van der Waals surface area contributed by atoms with Gasteiger partial charge in [-0.15, -0.1) is 0 Å². The van der Waals surface area contributed by atoms with E-state index in [-0.39, 0.29) is 22.8 Å². The number of benzene rings is 1. The maximum atomic E-state index is 11.1. The van der Waals surface area contributed by atoms with E-state index in [1.807, 2.05) is 12.1 Å². The Kier molecular flexibility index (Phi) is 3.94. The van der Waals surface area contributed by atoms with Gasteiger partial charge in [-0.25, -0.2) is 13.6 Å². The summed E-state index contributed by atoms with van der Waals surface area (Å²) in [5, 5.41) is 25.3. The van der Waals surface area contributed by atoms with Gasteiger partial charge in [0.1, 0.15) is 17.9 Å². The molecule has 0 saturated heterocycles. The molecule has 0 unspecified atom stereocenters. The van der Waals surface area contributed by atoms with Crippen molar-refractivity contribution >= 4 is 15.7 Å². The highest BCUT2D eigenvalue weighted by Crippen LogP contribution is 2.17. The number of rotatable bonds is 4. The number of nitrogens with zero attached hydrogens (tertiary/aromatic N) is 2. The topological polar surface area (TPSA) is 133 Å². The smallest absolute Gasteiger partial charge is 0.271 e. The molecule has 0 saturated carbocycles. The van der Waals surface area contributed by atoms with E-state index in [9.17, 15) is 8.42 Å². The number of primary sulfonamides is 1. The van der Waals surface area contributed by atoms with Crippen molar-refractivity contribution in [1.82, 2.24) is 0 Å². The number of hydrogen-bond donors (Lipinski definition) is 2. The molecule has 2 rings (SSSR count). The molecule has 2 aromatic rings. The summed E-state index contributed by atoms with van der Waals surface area (Å²) in [5.74, 6) is 0.377. The lowest BCUT2D eigenvalue weighted by molar-refractivity contribution is 0.419. The van der Waals surface area contributed by atoms with Crippen molar-refractivity contribution in [3.05, 3.63) is 47.2 Å². The maximum absolute atomic E-state index is 11.1. The lowest BCUT2D eigenvalue weighted by Gasteiger charge is -2.05. The van der Waals surface area contributed by atoms with Crippen LogP contribution in [0.1, 0.15) is 16.9 Å². The van der Waals surface area contributed by atoms with Crippen LogP contribution in [-0.4, -0.2) is 8.42 Å². The molecule has 0 aliphatic heterocycles. The Morgan fingerprint density at radius 1 is 1.14 bits per heavy atom. The molecule has 0 atom stereocenters. The number of furan rings is 1. The molecule has 0 aliphatic carbocycles. The fourth-order valence-electron chi connectivity index (χ4n) is 1.64. The maximum Gasteiger partial charge on any atom is 0.271 e. The van der Waals surface area contributed by atoms with Crippen LogP contribution in [0.4, 0.5) is 5.69 Å². The summed E-state index contributed by atoms with van der Waals surface area (Å²) in [4.78, 5) is 0. The van der Waals surface area contributed by atoms with Crippen LogP contribution in [0, 0.1) is 22.7 Å². The van der Waals surface area contributed by atoms with Crippen LogP contribution in [0.2, 0.25) is 0 Å². The molecular formula is C13H10N4O3S. The van der Waals surface area contributed by atoms with Gasteiger partial charge in [-0.1, -0.05) is 0 Å². The Balaban J connectivity index is 2.12. The average molecular weight is 302 g/mol. The first-order valence-corrected chi connectivity index (χ1v) is 7.28. The number of nitriles is 2. The fourth-order valence-corrected chi connectivity index (χ4v) is 2.12. The molecule has 3 N–H and O–H groups in total. The van der Waals surface area contributed by atoms with Gasteiger partial charge in [-0.05, 0) is 30.3 Å². The van der Waals surface area contributed by atoms with E-state index in [2.05, 4.69) is 5.32 Å². The summed E-state index contributed by atoms with van der Waals surface area (Å²) in [5.41, 5.74) is 1.16. The Hall–Kier alpha value is -2.81. The highest BCUT2D eigenvalue weighted by atomic mass is 32.2. The van der Waals surface area contributed by atoms with E-state index in [4.69, 9.17) is 20.1 Å². The summed E-state index contributed by atoms with van der Waals surface area (Å²) in [6, 6.07) is 11.3. The van der Waals surface area contributed by atoms with Crippen molar-refractivity contribution in [2.45, 2.75) is 11.6 Å². The van der Waals surface area contributed by atoms with Crippen molar-refractivity contribution in [3.8, 4) is 12.1 Å². The first kappa shape index (κ1) is 14.6. The molecule has 0 amide bonds. The monoisotopic (exact) mass is 302 g/mol. The largest absolute Gasteiger partial charge is 0.446 e. The van der Waals surface area contributed by atoms with Gasteiger partial charge < -0.3 is 9.73 Å². The fraction of sp³-hybridized carbons (Fsp3) is 0.0769. The van der Waals surface area contributed by atoms with Crippen LogP contribution >= 0.6 is 0 Å². The van der Waals surface area contributed by atoms with Crippen LogP contribution in [0.3, 0.4) is 0 Å². The molecule has 1 aromatic carbocycles. The molecule has 8 heteroatoms. The zero-order valence-electron chi connectivity index (χ0n) is 10.7. The third kappa shape index (κ3) is 3.39. The quantitative estimate of drug-likeness (QED) is 0.874. The number of sulfonamides is 1. The third-order valence-corrected chi connectivity index (χ3v) is 3.42. The minimum atomic E-state index is -3.86. The lowest BCUT2D eigenvalue weighted by Crippen LogP contribution is -2.10. The summed E-state index contributed by atoms with van der Waals surface area (Å²) in [6.07, 6.45) is 0. The number of nitrogens with two attached hydrogens (primary N) is 1. The molecule has 21 heavy (non-hydrogen) atoms. The van der Waals surface area contributed by atoms with Crippen molar-refractivity contribution in [2.75, 3.05) is 5.32 Å². The van der Waals surface area contributed by atoms with Gasteiger partial charge in [-0.3, -0.25) is 0 Å². The van der Waals surface area contributed by atoms with Crippen LogP contribution in [0.15, 0.2) is 39.8 Å². The molecule has 7 nitrogen and oxygen atoms in total. The van der Waals surface area contributed by atoms with Crippen molar-refractivity contribution in [1.29, 1.82) is 10.5 Å². The Labute approximate surface area is 121 Å². The van der Waals surface area contributed by atoms with Gasteiger partial charge in [0.2, 0.25) is 5.09 Å². The Morgan fingerprint density at radius 3 is 2.43 bits per heavy atom. The number of hydrogen-bond acceptors (Lipinski definition) is 6. The normalized spacial score (nSPS) is 10.6. The minimum Gasteiger partial charge on any atom is -0.446 e. The molecule has 0 spiro atoms. The average Bonchev–Trinajstić information content (AvgIpc) is 2.93. The first-order valence-electron chi connectivity index (χ1n) is 5.73. The third-order valence-electron chi connectivity index (χ3n) is 2.64. The molecule has 106 valence electrons. The predicted molar refractivity (Wildman–Crippen MR) is 73.3 cm³/mol. The highest BCUT2D eigenvalue weighted by molar-refractivity contribution is 7.89. The van der Waals surface area contributed by atoms with Gasteiger partial charge in [0.25, 0.3) is 10.0 Å². The van der Waals surface area contributed by atoms with Gasteiger partial charge in [0, 0.05) is 5.69 Å². The zero-order valence-corrected chi connectivity index (χ0v) is 11.5. The zero-order chi connectivity index (χ0) is 15.5. The van der Waals surface area contributed by atoms with Crippen LogP contribution in [-0.2, 0) is 16.6 Å². The molecule has 0 fully saturated rings. The summed E-state index contributed by atoms with van der Waals surface area (Å²) < 4.78 is 27.2. The Bertz CT molecular complexity index is 856. The summed E-state index contributed by atoms with van der Waals surface area (Å²) >= 11 is 0. The minimum absolute atomic E-state index is 0.215. The van der Waals surface area contributed by atoms with Crippen LogP contribution in [0.25, 0.3) is 0 Å². The second kappa shape index (κ2) is 5.67. The number of nitrogens with one attached hydrogen (secondary N) is 1. The SMILES string of the molecule is N#Cc1ccc(NCc2ccc(S(N)(=O)=O)o2)cc1C#N. The van der Waals surface area contributed by atoms with E-state index >= 15 is 0 Å². The van der Waals surface area contributed by atoms with E-state index < -0.39 is 10.0 Å². The molecule has 0 aliphatic rings. The van der Waals surface area contributed by atoms with E-state index in [1.165, 1.54) is 24.3 Å². The second-order valence-electron chi connectivity index (χ2n) is 4.10. The van der Waals surface area contributed by atoms with Gasteiger partial charge >= 0.3 is 0 Å². The molecule has 1 heterocycles. The van der Waals surface area contributed by atoms with E-state index in [0.717, 1.165) is 0 Å². The number of anilines is 1. The summed E-state index contributed by atoms with van der Waals surface area (Å²) in [6.45, 7) is 0.215. The second-order valence-corrected chi connectivity index (χ2v) is 5.60. The predicted octanol–water partition coefficient (Wildman–Crippen LogP) is 1.28. The molecular weight excluding hydrogens is 292 g/mol. The van der Waals surface area contributed by atoms with Crippen molar-refractivity contribution in [2.24, 2.45) is 5.14 Å². The van der Waals surface area contributed by atoms with Gasteiger partial charge in [0.05, 0.1) is 17.7 Å². The Morgan fingerprint density at radius 2 is 1.86 bits per heavy atom. The van der Waals surface area contributed by atoms with E-state index in [1.54, 1.807) is 6.07 Å². The molecule has 0 bridgehead atoms. The van der Waals surface area contributed by atoms with Crippen LogP contribution in [0.5, 0.6) is 0 Å². The standard InChI is InChI=1S/C13H10N4O3S/c14-6-9-1-2-11(5-10(9)7-15)17-8-12-3-4-13(20-12)21(16,18)19/h1-5,17H,8H2,(H2,16,18,19). The molecule has 0 radical (unpaired) electrons. The highest BCUT2D eigenvalue weighted by Gasteiger charge is 2.13. The van der Waals surface area contributed by atoms with Crippen molar-refractivity contribution < 1.29 is 12.8 Å².